The Hall–Kier alpha value is -8.16. The van der Waals surface area contributed by atoms with Crippen LogP contribution in [0.1, 0.15) is 120 Å². The number of carbonyl (C=O) groups excluding carboxylic acids is 4. The molecular formula is C48H60N12O8. The summed E-state index contributed by atoms with van der Waals surface area (Å²) in [6, 6.07) is 12.1. The van der Waals surface area contributed by atoms with E-state index in [2.05, 4.69) is 42.1 Å². The molecule has 5 rings (SSSR count). The summed E-state index contributed by atoms with van der Waals surface area (Å²) in [5, 5.41) is 16.4. The lowest BCUT2D eigenvalue weighted by atomic mass is 9.88. The van der Waals surface area contributed by atoms with Gasteiger partial charge in [-0.05, 0) is 141 Å². The molecule has 0 aromatic heterocycles. The molecule has 0 radical (unpaired) electrons. The first-order chi connectivity index (χ1) is 32.8. The molecule has 20 heteroatoms. The monoisotopic (exact) mass is 932 g/mol. The van der Waals surface area contributed by atoms with Crippen LogP contribution in [0, 0.1) is 0 Å². The fraction of sp³-hybridized carbons (Fsp3) is 0.333. The van der Waals surface area contributed by atoms with Crippen molar-refractivity contribution in [2.45, 2.75) is 79.1 Å². The number of fused-ring (bicyclic) bond motifs is 8. The molecule has 0 saturated carbocycles. The average molecular weight is 933 g/mol. The number of carbonyl (C=O) groups is 4. The Labute approximate surface area is 394 Å². The van der Waals surface area contributed by atoms with Crippen LogP contribution >= 0.6 is 0 Å². The van der Waals surface area contributed by atoms with Gasteiger partial charge in [-0.1, -0.05) is 27.7 Å². The molecule has 0 fully saturated rings. The van der Waals surface area contributed by atoms with Crippen LogP contribution in [-0.4, -0.2) is 75.4 Å². The van der Waals surface area contributed by atoms with E-state index in [1.54, 1.807) is 0 Å². The number of benzene rings is 4. The molecule has 0 saturated heterocycles. The highest BCUT2D eigenvalue weighted by Gasteiger charge is 2.24. The fourth-order valence-corrected chi connectivity index (χ4v) is 7.53. The Morgan fingerprint density at radius 2 is 0.574 bits per heavy atom. The lowest BCUT2D eigenvalue weighted by Crippen LogP contribution is -2.24. The number of hydrogen-bond donors (Lipinski definition) is 8. The summed E-state index contributed by atoms with van der Waals surface area (Å²) in [5.41, 5.74) is 39.3. The normalized spacial score (nSPS) is 12.3. The van der Waals surface area contributed by atoms with Gasteiger partial charge in [-0.3, -0.25) is 0 Å². The van der Waals surface area contributed by atoms with E-state index >= 15 is 0 Å². The molecule has 1 aliphatic rings. The number of nitrogens with one attached hydrogen (secondary N) is 4. The predicted octanol–water partition coefficient (Wildman–Crippen LogP) is 5.53. The van der Waals surface area contributed by atoms with Crippen molar-refractivity contribution in [1.29, 1.82) is 0 Å². The highest BCUT2D eigenvalue weighted by atomic mass is 16.5. The second-order valence-electron chi connectivity index (χ2n) is 15.7. The number of rotatable bonds is 20. The van der Waals surface area contributed by atoms with Crippen LogP contribution in [0.5, 0.6) is 23.0 Å². The van der Waals surface area contributed by atoms with Crippen LogP contribution in [-0.2, 0) is 25.7 Å². The van der Waals surface area contributed by atoms with Crippen molar-refractivity contribution >= 4 is 49.0 Å². The maximum atomic E-state index is 11.7. The average Bonchev–Trinajstić information content (AvgIpc) is 3.27. The summed E-state index contributed by atoms with van der Waals surface area (Å²) in [6.45, 7) is 9.62. The van der Waals surface area contributed by atoms with Gasteiger partial charge in [-0.15, -0.1) is 0 Å². The van der Waals surface area contributed by atoms with E-state index in [9.17, 15) is 19.2 Å². The Morgan fingerprint density at radius 1 is 0.397 bits per heavy atom. The van der Waals surface area contributed by atoms with E-state index in [0.717, 1.165) is 44.5 Å². The quantitative estimate of drug-likeness (QED) is 0.0362. The van der Waals surface area contributed by atoms with Crippen molar-refractivity contribution in [3.8, 4) is 23.0 Å². The van der Waals surface area contributed by atoms with Crippen molar-refractivity contribution < 1.29 is 38.1 Å². The zero-order valence-electron chi connectivity index (χ0n) is 38.8. The number of ether oxygens (including phenoxy) is 4. The Bertz CT molecular complexity index is 2130. The maximum absolute atomic E-state index is 11.7. The van der Waals surface area contributed by atoms with E-state index in [-0.39, 0.29) is 25.7 Å². The topological polar surface area (TPSA) is 307 Å². The molecule has 0 heterocycles. The summed E-state index contributed by atoms with van der Waals surface area (Å²) < 4.78 is 26.7. The summed E-state index contributed by atoms with van der Waals surface area (Å²) in [7, 11) is 0. The minimum atomic E-state index is -0.829. The Morgan fingerprint density at radius 3 is 0.721 bits per heavy atom. The molecule has 68 heavy (non-hydrogen) atoms. The molecule has 4 aromatic rings. The second kappa shape index (κ2) is 25.5. The third-order valence-corrected chi connectivity index (χ3v) is 9.94. The SMILES string of the molecule is CCCOc1c2cc(C=NNC(N)=O)cc1Cc1cc(/C=N/NC(N)=O)cc(c1OCCC)Cc1cc(/C=N/NC(N)=O)cc(c1OCCC)Cc1cc(/C=N/NC(N)=O)cc(c1OCCC)C2. The van der Waals surface area contributed by atoms with Crippen molar-refractivity contribution in [3.05, 3.63) is 115 Å². The standard InChI is InChI=1S/C48H60N12O8/c1-5-9-65-41-33-13-29(25-53-57-45(49)61)14-34(41)22-36-16-31(27-55-59-47(51)63)18-38(43(36)67-11-7-3)24-40-20-32(28-56-60-48(52)64)19-39(44(40)68-12-8-4)23-37-17-30(26-54-58-46(50)62)15-35(21-33)42(37)66-10-6-2/h13-20,25-28H,5-12,21-24H2,1-4H3,(H3,49,57,61)(H3,50,58,62)(H3,51,59,63)(H3,52,60,64)/b53-25+,54-26+,55-27+,56-28?. The first-order valence-corrected chi connectivity index (χ1v) is 22.3. The first kappa shape index (κ1) is 50.8. The number of nitrogens with zero attached hydrogens (tertiary/aromatic N) is 4. The van der Waals surface area contributed by atoms with Crippen LogP contribution in [0.4, 0.5) is 19.2 Å². The maximum Gasteiger partial charge on any atom is 0.332 e. The molecule has 0 spiro atoms. The molecule has 0 unspecified atom stereocenters. The zero-order chi connectivity index (χ0) is 49.0. The third-order valence-electron chi connectivity index (χ3n) is 9.94. The number of hydrogen-bond acceptors (Lipinski definition) is 12. The summed E-state index contributed by atoms with van der Waals surface area (Å²) in [6.07, 6.45) is 9.88. The molecule has 8 amide bonds. The zero-order valence-corrected chi connectivity index (χ0v) is 38.8. The molecule has 1 aliphatic carbocycles. The van der Waals surface area contributed by atoms with Crippen LogP contribution in [0.25, 0.3) is 0 Å². The smallest absolute Gasteiger partial charge is 0.332 e. The van der Waals surface area contributed by atoms with Gasteiger partial charge in [0.05, 0.1) is 51.3 Å². The number of amides is 8. The summed E-state index contributed by atoms with van der Waals surface area (Å²) in [4.78, 5) is 46.9. The van der Waals surface area contributed by atoms with Gasteiger partial charge in [-0.25, -0.2) is 40.9 Å². The molecule has 4 aromatic carbocycles. The Balaban J connectivity index is 1.98. The minimum Gasteiger partial charge on any atom is -0.493 e. The van der Waals surface area contributed by atoms with Crippen LogP contribution < -0.4 is 63.6 Å². The molecule has 12 N–H and O–H groups in total. The van der Waals surface area contributed by atoms with E-state index in [1.165, 1.54) is 24.9 Å². The van der Waals surface area contributed by atoms with E-state index < -0.39 is 24.1 Å². The molecule has 0 atom stereocenters. The molecular weight excluding hydrogens is 873 g/mol. The number of hydrazone groups is 4. The summed E-state index contributed by atoms with van der Waals surface area (Å²) >= 11 is 0. The van der Waals surface area contributed by atoms with Crippen LogP contribution in [0.2, 0.25) is 0 Å². The summed E-state index contributed by atoms with van der Waals surface area (Å²) in [5.74, 6) is 2.45. The van der Waals surface area contributed by atoms with Crippen molar-refractivity contribution in [2.75, 3.05) is 26.4 Å². The number of primary amides is 4. The lowest BCUT2D eigenvalue weighted by molar-refractivity contribution is 0.248. The van der Waals surface area contributed by atoms with E-state index in [0.29, 0.717) is 97.4 Å². The van der Waals surface area contributed by atoms with Crippen molar-refractivity contribution in [3.63, 3.8) is 0 Å². The highest BCUT2D eigenvalue weighted by Crippen LogP contribution is 2.40. The van der Waals surface area contributed by atoms with Gasteiger partial charge in [-0.2, -0.15) is 20.4 Å². The molecule has 360 valence electrons. The number of urea groups is 4. The first-order valence-electron chi connectivity index (χ1n) is 22.3. The van der Waals surface area contributed by atoms with Gasteiger partial charge in [0, 0.05) is 25.7 Å². The van der Waals surface area contributed by atoms with Gasteiger partial charge in [0.15, 0.2) is 0 Å². The van der Waals surface area contributed by atoms with Gasteiger partial charge >= 0.3 is 24.1 Å². The second-order valence-corrected chi connectivity index (χ2v) is 15.7. The third kappa shape index (κ3) is 14.9. The Kier molecular flexibility index (Phi) is 19.1. The van der Waals surface area contributed by atoms with Crippen LogP contribution in [0.15, 0.2) is 68.9 Å². The lowest BCUT2D eigenvalue weighted by Gasteiger charge is -2.24. The van der Waals surface area contributed by atoms with Gasteiger partial charge in [0.25, 0.3) is 0 Å². The van der Waals surface area contributed by atoms with E-state index in [1.807, 2.05) is 76.2 Å². The van der Waals surface area contributed by atoms with Crippen LogP contribution in [0.3, 0.4) is 0 Å². The fourth-order valence-electron chi connectivity index (χ4n) is 7.53. The van der Waals surface area contributed by atoms with Crippen molar-refractivity contribution in [1.82, 2.24) is 21.7 Å². The predicted molar refractivity (Wildman–Crippen MR) is 261 cm³/mol. The van der Waals surface area contributed by atoms with Gasteiger partial charge in [0.1, 0.15) is 23.0 Å². The van der Waals surface area contributed by atoms with Gasteiger partial charge < -0.3 is 41.9 Å². The van der Waals surface area contributed by atoms with Crippen molar-refractivity contribution in [2.24, 2.45) is 43.3 Å². The molecule has 0 aliphatic heterocycles. The number of nitrogens with two attached hydrogens (primary N) is 4. The highest BCUT2D eigenvalue weighted by molar-refractivity contribution is 5.86. The van der Waals surface area contributed by atoms with E-state index in [4.69, 9.17) is 41.9 Å². The molecule has 20 nitrogen and oxygen atoms in total. The molecule has 8 bridgehead atoms. The van der Waals surface area contributed by atoms with Gasteiger partial charge in [0.2, 0.25) is 0 Å². The minimum absolute atomic E-state index is 0.264. The largest absolute Gasteiger partial charge is 0.493 e.